The molecule has 1 aliphatic carbocycles. The van der Waals surface area contributed by atoms with Crippen molar-refractivity contribution in [1.29, 1.82) is 0 Å². The first-order valence-corrected chi connectivity index (χ1v) is 9.53. The van der Waals surface area contributed by atoms with Gasteiger partial charge < -0.3 is 4.42 Å². The van der Waals surface area contributed by atoms with Crippen LogP contribution in [0.15, 0.2) is 40.3 Å². The second-order valence-corrected chi connectivity index (χ2v) is 7.42. The molecule has 5 nitrogen and oxygen atoms in total. The Hall–Kier alpha value is -1.70. The zero-order chi connectivity index (χ0) is 16.5. The fourth-order valence-corrected chi connectivity index (χ4v) is 3.96. The predicted molar refractivity (Wildman–Crippen MR) is 97.3 cm³/mol. The van der Waals surface area contributed by atoms with Gasteiger partial charge in [-0.3, -0.25) is 9.47 Å². The molecular weight excluding hydrogens is 340 g/mol. The Balaban J connectivity index is 1.62. The van der Waals surface area contributed by atoms with Gasteiger partial charge in [-0.15, -0.1) is 16.4 Å². The smallest absolute Gasteiger partial charge is 0.199 e. The van der Waals surface area contributed by atoms with Crippen LogP contribution in [0.3, 0.4) is 0 Å². The van der Waals surface area contributed by atoms with Crippen LogP contribution in [-0.4, -0.2) is 25.3 Å². The van der Waals surface area contributed by atoms with Crippen LogP contribution in [0.5, 0.6) is 0 Å². The summed E-state index contributed by atoms with van der Waals surface area (Å²) in [4.78, 5) is 3.86. The third-order valence-electron chi connectivity index (χ3n) is 4.30. The second kappa shape index (κ2) is 6.66. The van der Waals surface area contributed by atoms with Gasteiger partial charge in [0.15, 0.2) is 16.4 Å². The average Bonchev–Trinajstić information content (AvgIpc) is 3.00. The minimum atomic E-state index is 0.646. The molecule has 24 heavy (non-hydrogen) atoms. The van der Waals surface area contributed by atoms with Gasteiger partial charge in [-0.2, -0.15) is 0 Å². The Bertz CT molecular complexity index is 844. The lowest BCUT2D eigenvalue weighted by Crippen LogP contribution is -2.28. The summed E-state index contributed by atoms with van der Waals surface area (Å²) in [5.41, 5.74) is 0. The highest BCUT2D eigenvalue weighted by molar-refractivity contribution is 7.71. The van der Waals surface area contributed by atoms with E-state index in [0.29, 0.717) is 6.04 Å². The maximum atomic E-state index is 5.66. The van der Waals surface area contributed by atoms with Crippen molar-refractivity contribution in [2.75, 3.05) is 0 Å². The maximum Gasteiger partial charge on any atom is 0.199 e. The van der Waals surface area contributed by atoms with Crippen molar-refractivity contribution in [3.63, 3.8) is 0 Å². The van der Waals surface area contributed by atoms with E-state index in [4.69, 9.17) is 21.7 Å². The summed E-state index contributed by atoms with van der Waals surface area (Å²) < 4.78 is 10.2. The lowest BCUT2D eigenvalue weighted by Gasteiger charge is -2.20. The zero-order valence-corrected chi connectivity index (χ0v) is 15.2. The van der Waals surface area contributed by atoms with E-state index in [1.54, 1.807) is 17.6 Å². The molecule has 1 saturated carbocycles. The Labute approximate surface area is 150 Å². The van der Waals surface area contributed by atoms with Gasteiger partial charge in [0.1, 0.15) is 0 Å². The van der Waals surface area contributed by atoms with E-state index in [1.807, 2.05) is 21.4 Å². The molecule has 7 heteroatoms. The number of thiophene rings is 1. The fraction of sp³-hybridized carbons (Fsp3) is 0.412. The standard InChI is InChI=1S/C17H20N4OS2/c1-2-20-16(15-6-3-9-22-15)18-21(17(20)23)12-19(13-7-8-13)11-14-5-4-10-24-14/h3-6,9-10,13H,2,7-8,11-12H2,1H3. The normalized spacial score (nSPS) is 14.6. The van der Waals surface area contributed by atoms with Gasteiger partial charge in [0.05, 0.1) is 12.9 Å². The molecule has 0 aliphatic heterocycles. The van der Waals surface area contributed by atoms with Crippen molar-refractivity contribution >= 4 is 23.6 Å². The zero-order valence-electron chi connectivity index (χ0n) is 13.6. The van der Waals surface area contributed by atoms with Crippen LogP contribution < -0.4 is 0 Å². The van der Waals surface area contributed by atoms with Crippen LogP contribution >= 0.6 is 23.6 Å². The molecule has 0 amide bonds. The van der Waals surface area contributed by atoms with Crippen LogP contribution in [0.25, 0.3) is 11.6 Å². The van der Waals surface area contributed by atoms with E-state index in [0.717, 1.165) is 36.1 Å². The minimum Gasteiger partial charge on any atom is -0.461 e. The first-order chi connectivity index (χ1) is 11.8. The third kappa shape index (κ3) is 3.11. The summed E-state index contributed by atoms with van der Waals surface area (Å²) in [5.74, 6) is 1.57. The highest BCUT2D eigenvalue weighted by atomic mass is 32.1. The van der Waals surface area contributed by atoms with Crippen molar-refractivity contribution in [2.24, 2.45) is 0 Å². The first kappa shape index (κ1) is 15.8. The molecule has 0 spiro atoms. The topological polar surface area (TPSA) is 39.1 Å². The molecule has 126 valence electrons. The van der Waals surface area contributed by atoms with Crippen LogP contribution in [0.1, 0.15) is 24.6 Å². The van der Waals surface area contributed by atoms with E-state index in [2.05, 4.69) is 29.3 Å². The third-order valence-corrected chi connectivity index (χ3v) is 5.59. The van der Waals surface area contributed by atoms with Gasteiger partial charge in [-0.1, -0.05) is 6.07 Å². The van der Waals surface area contributed by atoms with Crippen molar-refractivity contribution in [1.82, 2.24) is 19.2 Å². The molecule has 0 aromatic carbocycles. The molecule has 0 unspecified atom stereocenters. The van der Waals surface area contributed by atoms with Gasteiger partial charge in [0.25, 0.3) is 0 Å². The molecule has 1 fully saturated rings. The van der Waals surface area contributed by atoms with Gasteiger partial charge in [-0.05, 0) is 55.6 Å². The number of hydrogen-bond acceptors (Lipinski definition) is 5. The molecule has 0 saturated heterocycles. The number of furan rings is 1. The van der Waals surface area contributed by atoms with E-state index in [1.165, 1.54) is 17.7 Å². The van der Waals surface area contributed by atoms with Gasteiger partial charge >= 0.3 is 0 Å². The molecule has 3 aromatic rings. The number of nitrogens with zero attached hydrogens (tertiary/aromatic N) is 4. The van der Waals surface area contributed by atoms with Gasteiger partial charge in [0, 0.05) is 24.0 Å². The van der Waals surface area contributed by atoms with Gasteiger partial charge in [-0.25, -0.2) is 4.68 Å². The molecule has 0 radical (unpaired) electrons. The van der Waals surface area contributed by atoms with E-state index in [-0.39, 0.29) is 0 Å². The summed E-state index contributed by atoms with van der Waals surface area (Å²) in [7, 11) is 0. The summed E-state index contributed by atoms with van der Waals surface area (Å²) in [5, 5.41) is 6.88. The lowest BCUT2D eigenvalue weighted by atomic mass is 10.4. The van der Waals surface area contributed by atoms with E-state index in [9.17, 15) is 0 Å². The lowest BCUT2D eigenvalue weighted by molar-refractivity contribution is 0.188. The molecule has 1 aliphatic rings. The monoisotopic (exact) mass is 360 g/mol. The van der Waals surface area contributed by atoms with Crippen molar-refractivity contribution in [3.05, 3.63) is 45.6 Å². The fourth-order valence-electron chi connectivity index (χ4n) is 2.92. The maximum absolute atomic E-state index is 5.66. The second-order valence-electron chi connectivity index (χ2n) is 6.03. The Morgan fingerprint density at radius 3 is 2.88 bits per heavy atom. The molecule has 4 rings (SSSR count). The molecule has 3 aromatic heterocycles. The highest BCUT2D eigenvalue weighted by Crippen LogP contribution is 2.30. The number of hydrogen-bond donors (Lipinski definition) is 0. The highest BCUT2D eigenvalue weighted by Gasteiger charge is 2.30. The Morgan fingerprint density at radius 2 is 2.25 bits per heavy atom. The minimum absolute atomic E-state index is 0.646. The summed E-state index contributed by atoms with van der Waals surface area (Å²) in [6, 6.07) is 8.76. The molecule has 0 N–H and O–H groups in total. The molecule has 0 atom stereocenters. The van der Waals surface area contributed by atoms with Crippen LogP contribution in [0, 0.1) is 4.77 Å². The van der Waals surface area contributed by atoms with E-state index < -0.39 is 0 Å². The molecule has 3 heterocycles. The number of aromatic nitrogens is 3. The Morgan fingerprint density at radius 1 is 1.38 bits per heavy atom. The summed E-state index contributed by atoms with van der Waals surface area (Å²) in [6.07, 6.45) is 4.20. The number of rotatable bonds is 7. The average molecular weight is 361 g/mol. The van der Waals surface area contributed by atoms with Gasteiger partial charge in [0.2, 0.25) is 0 Å². The van der Waals surface area contributed by atoms with Crippen LogP contribution in [0.2, 0.25) is 0 Å². The van der Waals surface area contributed by atoms with Crippen molar-refractivity contribution in [2.45, 2.75) is 45.6 Å². The molecular formula is C17H20N4OS2. The van der Waals surface area contributed by atoms with Crippen molar-refractivity contribution < 1.29 is 4.42 Å². The molecule has 0 bridgehead atoms. The summed E-state index contributed by atoms with van der Waals surface area (Å²) in [6.45, 7) is 4.54. The van der Waals surface area contributed by atoms with E-state index >= 15 is 0 Å². The predicted octanol–water partition coefficient (Wildman–Crippen LogP) is 4.38. The quantitative estimate of drug-likeness (QED) is 0.586. The Kier molecular flexibility index (Phi) is 4.39. The largest absolute Gasteiger partial charge is 0.461 e. The van der Waals surface area contributed by atoms with Crippen LogP contribution in [0.4, 0.5) is 0 Å². The van der Waals surface area contributed by atoms with Crippen molar-refractivity contribution in [3.8, 4) is 11.6 Å². The summed E-state index contributed by atoms with van der Waals surface area (Å²) >= 11 is 7.46. The first-order valence-electron chi connectivity index (χ1n) is 8.24. The van der Waals surface area contributed by atoms with Crippen LogP contribution in [-0.2, 0) is 19.8 Å². The SMILES string of the molecule is CCn1c(-c2ccco2)nn(CN(Cc2cccs2)C2CC2)c1=S.